The quantitative estimate of drug-likeness (QED) is 0.289. The first-order valence-corrected chi connectivity index (χ1v) is 10.7. The molecule has 7 heteroatoms. The molecule has 2 aliphatic rings. The van der Waals surface area contributed by atoms with Gasteiger partial charge in [0.25, 0.3) is 5.56 Å². The third-order valence-electron chi connectivity index (χ3n) is 6.45. The van der Waals surface area contributed by atoms with Crippen molar-refractivity contribution in [3.05, 3.63) is 81.5 Å². The highest BCUT2D eigenvalue weighted by Crippen LogP contribution is 2.39. The summed E-state index contributed by atoms with van der Waals surface area (Å²) < 4.78 is 7.43. The number of pyridine rings is 2. The molecule has 162 valence electrons. The number of nitrogens with two attached hydrogens (primary N) is 1. The van der Waals surface area contributed by atoms with Gasteiger partial charge in [-0.15, -0.1) is 0 Å². The summed E-state index contributed by atoms with van der Waals surface area (Å²) in [4.78, 5) is 28.9. The number of amides is 1. The van der Waals surface area contributed by atoms with Crippen LogP contribution in [0.4, 0.5) is 0 Å². The second-order valence-corrected chi connectivity index (χ2v) is 8.23. The van der Waals surface area contributed by atoms with Gasteiger partial charge in [0.15, 0.2) is 5.88 Å². The Hall–Kier alpha value is -3.71. The van der Waals surface area contributed by atoms with Crippen LogP contribution < -0.4 is 21.3 Å². The van der Waals surface area contributed by atoms with Gasteiger partial charge < -0.3 is 15.0 Å². The summed E-state index contributed by atoms with van der Waals surface area (Å²) in [5.41, 5.74) is 13.7. The molecule has 0 bridgehead atoms. The highest BCUT2D eigenvalue weighted by atomic mass is 16.5. The zero-order valence-electron chi connectivity index (χ0n) is 17.9. The van der Waals surface area contributed by atoms with Crippen LogP contribution in [0.3, 0.4) is 0 Å². The second kappa shape index (κ2) is 7.46. The summed E-state index contributed by atoms with van der Waals surface area (Å²) in [6.45, 7) is 10.3. The van der Waals surface area contributed by atoms with E-state index in [4.69, 9.17) is 15.5 Å². The lowest BCUT2D eigenvalue weighted by molar-refractivity contribution is -0.109. The number of hydrogen-bond acceptors (Lipinski definition) is 5. The third kappa shape index (κ3) is 2.97. The smallest absolute Gasteiger partial charge is 0.254 e. The molecule has 32 heavy (non-hydrogen) atoms. The molecule has 1 atom stereocenters. The Morgan fingerprint density at radius 1 is 1.34 bits per heavy atom. The lowest BCUT2D eigenvalue weighted by Crippen LogP contribution is -2.30. The van der Waals surface area contributed by atoms with Gasteiger partial charge >= 0.3 is 0 Å². The van der Waals surface area contributed by atoms with Crippen molar-refractivity contribution in [3.63, 3.8) is 0 Å². The van der Waals surface area contributed by atoms with Gasteiger partial charge in [-0.1, -0.05) is 19.1 Å². The summed E-state index contributed by atoms with van der Waals surface area (Å²) in [6.07, 6.45) is 2.71. The Balaban J connectivity index is 1.68. The molecule has 1 aliphatic heterocycles. The molecular weight excluding hydrogens is 404 g/mol. The fraction of sp³-hybridized carbons (Fsp3) is 0.240. The third-order valence-corrected chi connectivity index (χ3v) is 6.45. The molecule has 3 N–H and O–H groups in total. The minimum atomic E-state index is -0.319. The predicted octanol–water partition coefficient (Wildman–Crippen LogP) is 3.09. The number of benzene rings is 1. The van der Waals surface area contributed by atoms with Crippen molar-refractivity contribution >= 4 is 17.3 Å². The van der Waals surface area contributed by atoms with Gasteiger partial charge in [0, 0.05) is 16.5 Å². The molecular formula is C25H24N4O3. The normalized spacial score (nSPS) is 16.3. The van der Waals surface area contributed by atoms with Crippen LogP contribution in [0, 0.1) is 0 Å². The zero-order valence-corrected chi connectivity index (χ0v) is 17.9. The SMILES string of the molecule is C=C(NC=O)Oc1ccc2nc3c(c(CC)c2c1)Cn1c-3cc2c(c1=O)CCC(=C)C2N. The number of nitrogens with one attached hydrogen (secondary N) is 1. The maximum Gasteiger partial charge on any atom is 0.254 e. The molecule has 3 aromatic rings. The number of carbonyl (C=O) groups is 1. The van der Waals surface area contributed by atoms with Crippen molar-refractivity contribution in [3.8, 4) is 17.1 Å². The van der Waals surface area contributed by atoms with Crippen molar-refractivity contribution in [2.45, 2.75) is 38.8 Å². The minimum absolute atomic E-state index is 0.0184. The lowest BCUT2D eigenvalue weighted by atomic mass is 9.85. The van der Waals surface area contributed by atoms with E-state index < -0.39 is 0 Å². The van der Waals surface area contributed by atoms with Crippen LogP contribution in [-0.2, 0) is 24.2 Å². The first kappa shape index (κ1) is 20.2. The summed E-state index contributed by atoms with van der Waals surface area (Å²) in [7, 11) is 0. The average molecular weight is 428 g/mol. The molecule has 0 saturated carbocycles. The second-order valence-electron chi connectivity index (χ2n) is 8.23. The maximum absolute atomic E-state index is 13.3. The van der Waals surface area contributed by atoms with Gasteiger partial charge in [-0.2, -0.15) is 0 Å². The minimum Gasteiger partial charge on any atom is -0.442 e. The lowest BCUT2D eigenvalue weighted by Gasteiger charge is -2.25. The van der Waals surface area contributed by atoms with E-state index >= 15 is 0 Å². The van der Waals surface area contributed by atoms with Crippen LogP contribution in [0.25, 0.3) is 22.3 Å². The van der Waals surface area contributed by atoms with E-state index in [2.05, 4.69) is 25.4 Å². The van der Waals surface area contributed by atoms with Crippen LogP contribution >= 0.6 is 0 Å². The molecule has 0 fully saturated rings. The molecule has 7 nitrogen and oxygen atoms in total. The molecule has 1 unspecified atom stereocenters. The monoisotopic (exact) mass is 428 g/mol. The number of rotatable bonds is 5. The number of fused-ring (bicyclic) bond motifs is 5. The van der Waals surface area contributed by atoms with E-state index in [0.717, 1.165) is 63.0 Å². The molecule has 0 spiro atoms. The molecule has 1 aromatic carbocycles. The molecule has 1 amide bonds. The van der Waals surface area contributed by atoms with E-state index in [9.17, 15) is 9.59 Å². The fourth-order valence-corrected chi connectivity index (χ4v) is 4.84. The van der Waals surface area contributed by atoms with Gasteiger partial charge in [0.1, 0.15) is 5.75 Å². The molecule has 3 heterocycles. The van der Waals surface area contributed by atoms with Crippen LogP contribution in [0.1, 0.15) is 41.6 Å². The molecule has 0 radical (unpaired) electrons. The van der Waals surface area contributed by atoms with E-state index in [1.807, 2.05) is 22.8 Å². The fourth-order valence-electron chi connectivity index (χ4n) is 4.84. The number of aromatic nitrogens is 2. The van der Waals surface area contributed by atoms with Gasteiger partial charge in [-0.25, -0.2) is 4.98 Å². The number of nitrogens with zero attached hydrogens (tertiary/aromatic N) is 2. The topological polar surface area (TPSA) is 99.2 Å². The van der Waals surface area contributed by atoms with E-state index in [1.165, 1.54) is 0 Å². The van der Waals surface area contributed by atoms with Gasteiger partial charge in [-0.3, -0.25) is 14.9 Å². The number of carbonyl (C=O) groups excluding carboxylic acids is 1. The first-order valence-electron chi connectivity index (χ1n) is 10.7. The largest absolute Gasteiger partial charge is 0.442 e. The first-order chi connectivity index (χ1) is 15.4. The maximum atomic E-state index is 13.3. The van der Waals surface area contributed by atoms with E-state index in [-0.39, 0.29) is 17.5 Å². The van der Waals surface area contributed by atoms with E-state index in [0.29, 0.717) is 25.1 Å². The van der Waals surface area contributed by atoms with Gasteiger partial charge in [-0.05, 0) is 61.2 Å². The van der Waals surface area contributed by atoms with Crippen molar-refractivity contribution in [1.29, 1.82) is 0 Å². The Morgan fingerprint density at radius 3 is 2.91 bits per heavy atom. The standard InChI is InChI=1S/C25H24N4O3/c1-4-16-18-9-15(32-14(3)27-12-30)6-8-21(18)28-24-20(16)11-29-22(24)10-19-17(25(29)31)7-5-13(2)23(19)26/h6,8-10,12,23H,2-5,7,11,26H2,1H3,(H,27,30). The van der Waals surface area contributed by atoms with Crippen molar-refractivity contribution in [2.24, 2.45) is 5.73 Å². The van der Waals surface area contributed by atoms with Crippen molar-refractivity contribution in [1.82, 2.24) is 14.9 Å². The van der Waals surface area contributed by atoms with Crippen LogP contribution in [-0.4, -0.2) is 16.0 Å². The Kier molecular flexibility index (Phi) is 4.71. The molecule has 0 saturated heterocycles. The number of ether oxygens (including phenoxy) is 1. The average Bonchev–Trinajstić information content (AvgIpc) is 3.14. The number of hydrogen-bond donors (Lipinski definition) is 2. The Bertz CT molecular complexity index is 1390. The molecule has 1 aliphatic carbocycles. The molecule has 2 aromatic heterocycles. The highest BCUT2D eigenvalue weighted by Gasteiger charge is 2.31. The zero-order chi connectivity index (χ0) is 22.6. The predicted molar refractivity (Wildman–Crippen MR) is 123 cm³/mol. The van der Waals surface area contributed by atoms with Gasteiger partial charge in [0.2, 0.25) is 6.41 Å². The molecule has 5 rings (SSSR count). The summed E-state index contributed by atoms with van der Waals surface area (Å²) >= 11 is 0. The van der Waals surface area contributed by atoms with Crippen molar-refractivity contribution in [2.75, 3.05) is 0 Å². The summed E-state index contributed by atoms with van der Waals surface area (Å²) in [5, 5.41) is 3.35. The highest BCUT2D eigenvalue weighted by molar-refractivity contribution is 5.89. The summed E-state index contributed by atoms with van der Waals surface area (Å²) in [5.74, 6) is 0.704. The van der Waals surface area contributed by atoms with Crippen molar-refractivity contribution < 1.29 is 9.53 Å². The number of aryl methyl sites for hydroxylation is 1. The van der Waals surface area contributed by atoms with Gasteiger partial charge in [0.05, 0.1) is 29.5 Å². The van der Waals surface area contributed by atoms with Crippen LogP contribution in [0.2, 0.25) is 0 Å². The van der Waals surface area contributed by atoms with Crippen LogP contribution in [0.15, 0.2) is 53.7 Å². The Labute approximate surface area is 185 Å². The Morgan fingerprint density at radius 2 is 2.16 bits per heavy atom. The van der Waals surface area contributed by atoms with E-state index in [1.54, 1.807) is 6.07 Å². The summed E-state index contributed by atoms with van der Waals surface area (Å²) in [6, 6.07) is 7.27. The van der Waals surface area contributed by atoms with Crippen LogP contribution in [0.5, 0.6) is 5.75 Å².